The number of Topliss-reactive ketones (excluding diaryl/α,β-unsaturated/α-hetero) is 1. The minimum Gasteiger partial charge on any atom is -0.512 e. The van der Waals surface area contributed by atoms with E-state index in [-0.39, 0.29) is 17.5 Å². The van der Waals surface area contributed by atoms with Crippen molar-refractivity contribution in [1.29, 1.82) is 0 Å². The number of allylic oxidation sites excluding steroid dienone is 2. The molecule has 28 heavy (non-hydrogen) atoms. The van der Waals surface area contributed by atoms with E-state index in [1.54, 1.807) is 11.8 Å². The fourth-order valence-electron chi connectivity index (χ4n) is 4.08. The van der Waals surface area contributed by atoms with Crippen LogP contribution in [0.5, 0.6) is 0 Å². The van der Waals surface area contributed by atoms with Gasteiger partial charge in [-0.1, -0.05) is 30.7 Å². The molecule has 0 radical (unpaired) electrons. The van der Waals surface area contributed by atoms with Crippen molar-refractivity contribution in [3.63, 3.8) is 0 Å². The summed E-state index contributed by atoms with van der Waals surface area (Å²) < 4.78 is 0. The lowest BCUT2D eigenvalue weighted by atomic mass is 9.77. The highest BCUT2D eigenvalue weighted by atomic mass is 32.2. The summed E-state index contributed by atoms with van der Waals surface area (Å²) in [4.78, 5) is 17.4. The Morgan fingerprint density at radius 3 is 2.36 bits per heavy atom. The molecule has 0 saturated carbocycles. The third-order valence-corrected chi connectivity index (χ3v) is 6.81. The number of ketones is 1. The molecule has 2 aromatic rings. The first-order valence-electron chi connectivity index (χ1n) is 9.85. The first kappa shape index (κ1) is 20.7. The van der Waals surface area contributed by atoms with E-state index in [4.69, 9.17) is 0 Å². The van der Waals surface area contributed by atoms with Crippen LogP contribution in [-0.2, 0) is 4.79 Å². The molecule has 0 amide bonds. The van der Waals surface area contributed by atoms with Crippen LogP contribution in [0.3, 0.4) is 0 Å². The van der Waals surface area contributed by atoms with Crippen molar-refractivity contribution in [3.8, 4) is 0 Å². The quantitative estimate of drug-likeness (QED) is 0.632. The summed E-state index contributed by atoms with van der Waals surface area (Å²) in [7, 11) is 0. The highest BCUT2D eigenvalue weighted by Gasteiger charge is 2.32. The van der Waals surface area contributed by atoms with Gasteiger partial charge in [-0.2, -0.15) is 0 Å². The third kappa shape index (κ3) is 4.49. The van der Waals surface area contributed by atoms with Crippen molar-refractivity contribution in [2.75, 3.05) is 5.75 Å². The molecule has 0 bridgehead atoms. The minimum absolute atomic E-state index is 0.0640. The average molecular weight is 396 g/mol. The number of nitrogens with zero attached hydrogens (tertiary/aromatic N) is 1. The normalized spacial score (nSPS) is 18.5. The Bertz CT molecular complexity index is 892. The molecule has 1 aliphatic rings. The summed E-state index contributed by atoms with van der Waals surface area (Å²) in [5.74, 6) is 1.69. The zero-order valence-corrected chi connectivity index (χ0v) is 18.2. The van der Waals surface area contributed by atoms with E-state index in [0.29, 0.717) is 24.3 Å². The Morgan fingerprint density at radius 1 is 1.11 bits per heavy atom. The van der Waals surface area contributed by atoms with Gasteiger partial charge >= 0.3 is 0 Å². The largest absolute Gasteiger partial charge is 0.512 e. The number of pyridine rings is 1. The predicted molar refractivity (Wildman–Crippen MR) is 117 cm³/mol. The highest BCUT2D eigenvalue weighted by Crippen LogP contribution is 2.39. The van der Waals surface area contributed by atoms with Gasteiger partial charge < -0.3 is 5.11 Å². The van der Waals surface area contributed by atoms with E-state index in [2.05, 4.69) is 37.0 Å². The van der Waals surface area contributed by atoms with Crippen molar-refractivity contribution in [2.45, 2.75) is 52.5 Å². The van der Waals surface area contributed by atoms with E-state index < -0.39 is 0 Å². The third-order valence-electron chi connectivity index (χ3n) is 5.58. The van der Waals surface area contributed by atoms with E-state index >= 15 is 0 Å². The molecule has 1 aliphatic carbocycles. The predicted octanol–water partition coefficient (Wildman–Crippen LogP) is 5.99. The number of aromatic nitrogens is 1. The van der Waals surface area contributed by atoms with Gasteiger partial charge in [0.15, 0.2) is 5.78 Å². The van der Waals surface area contributed by atoms with Crippen LogP contribution >= 0.6 is 11.8 Å². The molecule has 1 heterocycles. The molecule has 1 N–H and O–H groups in total. The summed E-state index contributed by atoms with van der Waals surface area (Å²) in [5.41, 5.74) is 5.89. The molecule has 1 aromatic heterocycles. The number of aryl methyl sites for hydroxylation is 4. The van der Waals surface area contributed by atoms with Gasteiger partial charge in [0.2, 0.25) is 0 Å². The number of hydrogen-bond donors (Lipinski definition) is 1. The van der Waals surface area contributed by atoms with Crippen LogP contribution in [0, 0.1) is 39.5 Å². The number of hydrogen-bond acceptors (Lipinski definition) is 4. The van der Waals surface area contributed by atoms with Crippen LogP contribution < -0.4 is 0 Å². The average Bonchev–Trinajstić information content (AvgIpc) is 2.62. The zero-order chi connectivity index (χ0) is 20.4. The summed E-state index contributed by atoms with van der Waals surface area (Å²) in [6.45, 7) is 10.3. The van der Waals surface area contributed by atoms with E-state index in [0.717, 1.165) is 33.0 Å². The number of carbonyl (C=O) groups excluding carboxylic acids is 1. The Labute approximate surface area is 172 Å². The van der Waals surface area contributed by atoms with Gasteiger partial charge in [0, 0.05) is 24.8 Å². The SMILES string of the molecule is Cc1ccc(SCC(C)C2CC(=O)C(c3c(C)cc(C)cc3C)=C(O)C2)nc1. The maximum absolute atomic E-state index is 13.0. The Morgan fingerprint density at radius 2 is 1.79 bits per heavy atom. The van der Waals surface area contributed by atoms with Gasteiger partial charge in [0.1, 0.15) is 5.76 Å². The lowest BCUT2D eigenvalue weighted by molar-refractivity contribution is -0.115. The molecule has 4 heteroatoms. The zero-order valence-electron chi connectivity index (χ0n) is 17.4. The van der Waals surface area contributed by atoms with Gasteiger partial charge in [0.05, 0.1) is 10.6 Å². The van der Waals surface area contributed by atoms with Crippen molar-refractivity contribution >= 4 is 23.1 Å². The molecule has 0 aliphatic heterocycles. The van der Waals surface area contributed by atoms with Crippen LogP contribution in [-0.4, -0.2) is 21.6 Å². The Kier molecular flexibility index (Phi) is 6.29. The fraction of sp³-hybridized carbons (Fsp3) is 0.417. The number of carbonyl (C=O) groups is 1. The summed E-state index contributed by atoms with van der Waals surface area (Å²) in [6.07, 6.45) is 2.94. The van der Waals surface area contributed by atoms with Crippen molar-refractivity contribution in [2.24, 2.45) is 11.8 Å². The number of rotatable bonds is 5. The molecule has 1 aromatic carbocycles. The molecule has 0 spiro atoms. The Hall–Kier alpha value is -2.07. The van der Waals surface area contributed by atoms with E-state index in [9.17, 15) is 9.90 Å². The molecule has 148 valence electrons. The van der Waals surface area contributed by atoms with Gasteiger partial charge in [-0.3, -0.25) is 4.79 Å². The molecular weight excluding hydrogens is 366 g/mol. The number of thioether (sulfide) groups is 1. The number of aliphatic hydroxyl groups excluding tert-OH is 1. The number of benzene rings is 1. The van der Waals surface area contributed by atoms with E-state index in [1.807, 2.05) is 33.0 Å². The molecule has 0 saturated heterocycles. The summed E-state index contributed by atoms with van der Waals surface area (Å²) in [6, 6.07) is 8.26. The summed E-state index contributed by atoms with van der Waals surface area (Å²) >= 11 is 1.72. The van der Waals surface area contributed by atoms with Crippen molar-refractivity contribution in [3.05, 3.63) is 64.0 Å². The molecular formula is C24H29NO2S. The van der Waals surface area contributed by atoms with Crippen molar-refractivity contribution < 1.29 is 9.90 Å². The minimum atomic E-state index is 0.0640. The van der Waals surface area contributed by atoms with Crippen LogP contribution in [0.1, 0.15) is 47.6 Å². The highest BCUT2D eigenvalue weighted by molar-refractivity contribution is 7.99. The standard InChI is InChI=1S/C24H29NO2S/c1-14-6-7-22(25-12-14)28-13-18(5)19-10-20(26)24(21(27)11-19)23-16(3)8-15(2)9-17(23)4/h6-9,12,18-19,26H,10-11,13H2,1-5H3. The van der Waals surface area contributed by atoms with Gasteiger partial charge in [0.25, 0.3) is 0 Å². The first-order chi connectivity index (χ1) is 13.3. The fourth-order valence-corrected chi connectivity index (χ4v) is 5.07. The van der Waals surface area contributed by atoms with Gasteiger partial charge in [-0.05, 0) is 67.9 Å². The van der Waals surface area contributed by atoms with E-state index in [1.165, 1.54) is 5.56 Å². The van der Waals surface area contributed by atoms with Crippen LogP contribution in [0.4, 0.5) is 0 Å². The van der Waals surface area contributed by atoms with Crippen LogP contribution in [0.2, 0.25) is 0 Å². The lowest BCUT2D eigenvalue weighted by Crippen LogP contribution is -2.25. The Balaban J connectivity index is 1.75. The molecule has 2 atom stereocenters. The monoisotopic (exact) mass is 395 g/mol. The number of aliphatic hydroxyl groups is 1. The van der Waals surface area contributed by atoms with Gasteiger partial charge in [-0.15, -0.1) is 11.8 Å². The van der Waals surface area contributed by atoms with Crippen molar-refractivity contribution in [1.82, 2.24) is 4.98 Å². The maximum Gasteiger partial charge on any atom is 0.167 e. The first-order valence-corrected chi connectivity index (χ1v) is 10.8. The second-order valence-corrected chi connectivity index (χ2v) is 9.19. The second kappa shape index (κ2) is 8.52. The summed E-state index contributed by atoms with van der Waals surface area (Å²) in [5, 5.41) is 11.8. The maximum atomic E-state index is 13.0. The smallest absolute Gasteiger partial charge is 0.167 e. The molecule has 2 unspecified atom stereocenters. The van der Waals surface area contributed by atoms with Crippen LogP contribution in [0.15, 0.2) is 41.2 Å². The molecule has 3 nitrogen and oxygen atoms in total. The molecule has 0 fully saturated rings. The second-order valence-electron chi connectivity index (χ2n) is 8.15. The lowest BCUT2D eigenvalue weighted by Gasteiger charge is -2.29. The van der Waals surface area contributed by atoms with Crippen LogP contribution in [0.25, 0.3) is 5.57 Å². The topological polar surface area (TPSA) is 50.2 Å². The molecule has 3 rings (SSSR count). The van der Waals surface area contributed by atoms with Gasteiger partial charge in [-0.25, -0.2) is 4.98 Å².